The number of nitrogens with one attached hydrogen (secondary N) is 2. The number of anilines is 1. The Morgan fingerprint density at radius 2 is 1.86 bits per heavy atom. The summed E-state index contributed by atoms with van der Waals surface area (Å²) in [7, 11) is 0. The van der Waals surface area contributed by atoms with Gasteiger partial charge in [-0.2, -0.15) is 0 Å². The summed E-state index contributed by atoms with van der Waals surface area (Å²) in [5, 5.41) is 6.42. The summed E-state index contributed by atoms with van der Waals surface area (Å²) in [6.07, 6.45) is 0.692. The van der Waals surface area contributed by atoms with Gasteiger partial charge < -0.3 is 15.4 Å². The van der Waals surface area contributed by atoms with E-state index >= 15 is 0 Å². The van der Waals surface area contributed by atoms with Crippen molar-refractivity contribution in [2.45, 2.75) is 13.3 Å². The van der Waals surface area contributed by atoms with Crippen LogP contribution < -0.4 is 10.6 Å². The minimum atomic E-state index is -0.261. The lowest BCUT2D eigenvalue weighted by atomic mass is 10.1. The van der Waals surface area contributed by atoms with Gasteiger partial charge in [0.1, 0.15) is 10.7 Å². The molecular formula is C21H21ClN2O3S. The summed E-state index contributed by atoms with van der Waals surface area (Å²) in [5.74, 6) is 0.845. The summed E-state index contributed by atoms with van der Waals surface area (Å²) in [6.45, 7) is 2.85. The smallest absolute Gasteiger partial charge is 0.265 e. The second kappa shape index (κ2) is 9.66. The molecule has 0 aromatic heterocycles. The van der Waals surface area contributed by atoms with Crippen LogP contribution in [0, 0.1) is 0 Å². The number of para-hydroxylation sites is 1. The van der Waals surface area contributed by atoms with E-state index in [1.54, 1.807) is 31.2 Å². The molecule has 5 nitrogen and oxygen atoms in total. The predicted molar refractivity (Wildman–Crippen MR) is 114 cm³/mol. The number of rotatable bonds is 6. The lowest BCUT2D eigenvalue weighted by Gasteiger charge is -2.18. The third kappa shape index (κ3) is 5.30. The first-order valence-corrected chi connectivity index (χ1v) is 10.3. The van der Waals surface area contributed by atoms with Crippen LogP contribution >= 0.6 is 23.4 Å². The van der Waals surface area contributed by atoms with Gasteiger partial charge in [-0.25, -0.2) is 0 Å². The van der Waals surface area contributed by atoms with Crippen LogP contribution in [0.25, 0.3) is 0 Å². The maximum Gasteiger partial charge on any atom is 0.265 e. The van der Waals surface area contributed by atoms with Crippen LogP contribution in [0.2, 0.25) is 5.02 Å². The van der Waals surface area contributed by atoms with Crippen LogP contribution in [0.15, 0.2) is 59.2 Å². The first-order valence-electron chi connectivity index (χ1n) is 8.94. The number of carbonyl (C=O) groups is 2. The zero-order chi connectivity index (χ0) is 19.9. The first-order chi connectivity index (χ1) is 13.5. The fourth-order valence-electron chi connectivity index (χ4n) is 2.77. The second-order valence-corrected chi connectivity index (χ2v) is 7.76. The number of benzene rings is 2. The average Bonchev–Trinajstić information content (AvgIpc) is 2.70. The van der Waals surface area contributed by atoms with Crippen LogP contribution in [-0.2, 0) is 16.0 Å². The summed E-state index contributed by atoms with van der Waals surface area (Å²) < 4.78 is 5.44. The molecule has 0 aliphatic carbocycles. The number of allylic oxidation sites excluding steroid dienone is 1. The highest BCUT2D eigenvalue weighted by Gasteiger charge is 2.20. The molecule has 146 valence electrons. The van der Waals surface area contributed by atoms with Crippen molar-refractivity contribution in [2.75, 3.05) is 24.2 Å². The number of amides is 2. The van der Waals surface area contributed by atoms with Gasteiger partial charge in [0.25, 0.3) is 11.8 Å². The summed E-state index contributed by atoms with van der Waals surface area (Å²) in [6, 6.07) is 14.5. The molecule has 28 heavy (non-hydrogen) atoms. The standard InChI is InChI=1S/C21H21ClN2O3S/c1-14-19(28-13-12-27-14)21(26)24-18-5-3-2-4-17(18)20(25)23-11-10-15-6-8-16(22)9-7-15/h2-9H,10-13H2,1H3,(H,23,25)(H,24,26). The average molecular weight is 417 g/mol. The molecule has 3 rings (SSSR count). The highest BCUT2D eigenvalue weighted by atomic mass is 35.5. The Bertz CT molecular complexity index is 897. The number of carbonyl (C=O) groups excluding carboxylic acids is 2. The highest BCUT2D eigenvalue weighted by molar-refractivity contribution is 8.04. The molecule has 2 aromatic rings. The van der Waals surface area contributed by atoms with E-state index < -0.39 is 0 Å². The van der Waals surface area contributed by atoms with Gasteiger partial charge in [0.2, 0.25) is 0 Å². The summed E-state index contributed by atoms with van der Waals surface area (Å²) in [4.78, 5) is 25.7. The van der Waals surface area contributed by atoms with Gasteiger partial charge in [0.15, 0.2) is 0 Å². The molecule has 0 spiro atoms. The van der Waals surface area contributed by atoms with E-state index in [1.165, 1.54) is 11.8 Å². The van der Waals surface area contributed by atoms with Crippen LogP contribution in [0.3, 0.4) is 0 Å². The largest absolute Gasteiger partial charge is 0.496 e. The zero-order valence-corrected chi connectivity index (χ0v) is 17.0. The SMILES string of the molecule is CC1=C(C(=O)Nc2ccccc2C(=O)NCCc2ccc(Cl)cc2)SCCO1. The molecule has 2 amide bonds. The molecular weight excluding hydrogens is 396 g/mol. The summed E-state index contributed by atoms with van der Waals surface area (Å²) >= 11 is 7.34. The van der Waals surface area contributed by atoms with E-state index in [2.05, 4.69) is 10.6 Å². The minimum Gasteiger partial charge on any atom is -0.496 e. The number of thioether (sulfide) groups is 1. The van der Waals surface area contributed by atoms with Gasteiger partial charge in [0.05, 0.1) is 17.9 Å². The first kappa shape index (κ1) is 20.3. The molecule has 0 saturated carbocycles. The maximum absolute atomic E-state index is 12.6. The Labute approximate surface area is 173 Å². The number of halogens is 1. The lowest BCUT2D eigenvalue weighted by molar-refractivity contribution is -0.112. The van der Waals surface area contributed by atoms with Crippen molar-refractivity contribution in [3.63, 3.8) is 0 Å². The topological polar surface area (TPSA) is 67.4 Å². The Balaban J connectivity index is 1.63. The number of ether oxygens (including phenoxy) is 1. The number of hydrogen-bond acceptors (Lipinski definition) is 4. The molecule has 0 bridgehead atoms. The summed E-state index contributed by atoms with van der Waals surface area (Å²) in [5.41, 5.74) is 1.98. The van der Waals surface area contributed by atoms with E-state index in [-0.39, 0.29) is 11.8 Å². The normalized spacial score (nSPS) is 13.6. The van der Waals surface area contributed by atoms with Crippen LogP contribution in [0.4, 0.5) is 5.69 Å². The third-order valence-corrected chi connectivity index (χ3v) is 5.59. The van der Waals surface area contributed by atoms with Gasteiger partial charge in [-0.3, -0.25) is 9.59 Å². The molecule has 1 aliphatic heterocycles. The minimum absolute atomic E-state index is 0.233. The Morgan fingerprint density at radius 3 is 2.61 bits per heavy atom. The van der Waals surface area contributed by atoms with Crippen LogP contribution in [-0.4, -0.2) is 30.7 Å². The molecule has 0 unspecified atom stereocenters. The van der Waals surface area contributed by atoms with E-state index in [9.17, 15) is 9.59 Å². The fraction of sp³-hybridized carbons (Fsp3) is 0.238. The highest BCUT2D eigenvalue weighted by Crippen LogP contribution is 2.27. The molecule has 0 fully saturated rings. The van der Waals surface area contributed by atoms with Crippen molar-refractivity contribution in [3.05, 3.63) is 75.3 Å². The fourth-order valence-corrected chi connectivity index (χ4v) is 3.71. The zero-order valence-electron chi connectivity index (χ0n) is 15.5. The van der Waals surface area contributed by atoms with Crippen LogP contribution in [0.5, 0.6) is 0 Å². The van der Waals surface area contributed by atoms with Crippen molar-refractivity contribution in [2.24, 2.45) is 0 Å². The van der Waals surface area contributed by atoms with E-state index in [0.29, 0.717) is 46.5 Å². The lowest BCUT2D eigenvalue weighted by Crippen LogP contribution is -2.27. The molecule has 0 saturated heterocycles. The van der Waals surface area contributed by atoms with E-state index in [0.717, 1.165) is 11.3 Å². The molecule has 0 atom stereocenters. The predicted octanol–water partition coefficient (Wildman–Crippen LogP) is 4.25. The van der Waals surface area contributed by atoms with Gasteiger partial charge in [-0.15, -0.1) is 11.8 Å². The maximum atomic E-state index is 12.6. The Kier molecular flexibility index (Phi) is 7.01. The van der Waals surface area contributed by atoms with Crippen molar-refractivity contribution >= 4 is 40.9 Å². The molecule has 2 N–H and O–H groups in total. The Morgan fingerprint density at radius 1 is 1.11 bits per heavy atom. The van der Waals surface area contributed by atoms with Crippen molar-refractivity contribution in [3.8, 4) is 0 Å². The molecule has 7 heteroatoms. The van der Waals surface area contributed by atoms with Gasteiger partial charge in [-0.05, 0) is 43.2 Å². The van der Waals surface area contributed by atoms with E-state index in [4.69, 9.17) is 16.3 Å². The Hall–Kier alpha value is -2.44. The molecule has 1 heterocycles. The van der Waals surface area contributed by atoms with E-state index in [1.807, 2.05) is 24.3 Å². The van der Waals surface area contributed by atoms with Gasteiger partial charge in [-0.1, -0.05) is 35.9 Å². The molecule has 0 radical (unpaired) electrons. The third-order valence-electron chi connectivity index (χ3n) is 4.21. The van der Waals surface area contributed by atoms with Gasteiger partial charge in [0, 0.05) is 17.3 Å². The molecule has 2 aromatic carbocycles. The van der Waals surface area contributed by atoms with Crippen LogP contribution in [0.1, 0.15) is 22.8 Å². The van der Waals surface area contributed by atoms with Gasteiger partial charge >= 0.3 is 0 Å². The monoisotopic (exact) mass is 416 g/mol. The van der Waals surface area contributed by atoms with Crippen molar-refractivity contribution in [1.29, 1.82) is 0 Å². The quantitative estimate of drug-likeness (QED) is 0.738. The van der Waals surface area contributed by atoms with Crippen molar-refractivity contribution < 1.29 is 14.3 Å². The molecule has 1 aliphatic rings. The second-order valence-electron chi connectivity index (χ2n) is 6.21. The number of hydrogen-bond donors (Lipinski definition) is 2. The van der Waals surface area contributed by atoms with Crippen molar-refractivity contribution in [1.82, 2.24) is 5.32 Å².